The van der Waals surface area contributed by atoms with Gasteiger partial charge in [0, 0.05) is 60.7 Å². The van der Waals surface area contributed by atoms with Crippen LogP contribution >= 0.6 is 0 Å². The summed E-state index contributed by atoms with van der Waals surface area (Å²) in [5.74, 6) is -1.84. The molecule has 0 unspecified atom stereocenters. The summed E-state index contributed by atoms with van der Waals surface area (Å²) in [7, 11) is 0. The molecule has 99 heavy (non-hydrogen) atoms. The highest BCUT2D eigenvalue weighted by Gasteiger charge is 2.29. The van der Waals surface area contributed by atoms with Crippen LogP contribution in [0.25, 0.3) is 17.2 Å². The van der Waals surface area contributed by atoms with Gasteiger partial charge in [-0.2, -0.15) is 0 Å². The third kappa shape index (κ3) is 37.8. The number of ether oxygens (including phenoxy) is 12. The lowest BCUT2D eigenvalue weighted by Gasteiger charge is -2.25. The van der Waals surface area contributed by atoms with Gasteiger partial charge in [-0.1, -0.05) is 45.0 Å². The number of anilines is 1. The van der Waals surface area contributed by atoms with Gasteiger partial charge in [0.25, 0.3) is 5.91 Å². The van der Waals surface area contributed by atoms with Crippen LogP contribution in [0.4, 0.5) is 21.0 Å². The maximum atomic E-state index is 13.7. The van der Waals surface area contributed by atoms with E-state index in [1.165, 1.54) is 5.06 Å². The number of hydrogen-bond acceptors (Lipinski definition) is 24. The lowest BCUT2D eigenvalue weighted by atomic mass is 10.0. The Morgan fingerprint density at radius 1 is 0.636 bits per heavy atom. The van der Waals surface area contributed by atoms with Crippen LogP contribution in [0.1, 0.15) is 104 Å². The molecule has 3 aromatic rings. The topological polar surface area (TPSA) is 393 Å². The number of aliphatic imine (C=N–C) groups is 1. The molecule has 1 aliphatic heterocycles. The normalized spacial score (nSPS) is 12.7. The highest BCUT2D eigenvalue weighted by Crippen LogP contribution is 2.32. The van der Waals surface area contributed by atoms with Crippen molar-refractivity contribution in [1.29, 1.82) is 0 Å². The van der Waals surface area contributed by atoms with E-state index in [4.69, 9.17) is 73.1 Å². The smallest absolute Gasteiger partial charge is 0.407 e. The molecule has 0 saturated carbocycles. The number of esters is 1. The predicted octanol–water partition coefficient (Wildman–Crippen LogP) is 4.84. The van der Waals surface area contributed by atoms with Crippen molar-refractivity contribution in [1.82, 2.24) is 36.3 Å². The second-order valence-corrected chi connectivity index (χ2v) is 23.5. The van der Waals surface area contributed by atoms with E-state index in [0.717, 1.165) is 17.5 Å². The summed E-state index contributed by atoms with van der Waals surface area (Å²) in [4.78, 5) is 108. The predicted molar refractivity (Wildman–Crippen MR) is 366 cm³/mol. The summed E-state index contributed by atoms with van der Waals surface area (Å²) < 4.78 is 65.7. The average molecular weight is 1400 g/mol. The summed E-state index contributed by atoms with van der Waals surface area (Å²) >= 11 is 0. The van der Waals surface area contributed by atoms with Crippen molar-refractivity contribution in [3.8, 4) is 11.1 Å². The van der Waals surface area contributed by atoms with Crippen LogP contribution in [0.3, 0.4) is 0 Å². The van der Waals surface area contributed by atoms with Crippen molar-refractivity contribution >= 4 is 65.0 Å². The first kappa shape index (κ1) is 83.6. The maximum absolute atomic E-state index is 13.7. The minimum Gasteiger partial charge on any atom is -0.460 e. The Kier molecular flexibility index (Phi) is 41.9. The molecule has 0 aliphatic carbocycles. The summed E-state index contributed by atoms with van der Waals surface area (Å²) in [5.41, 5.74) is 15.2. The molecule has 0 spiro atoms. The van der Waals surface area contributed by atoms with Crippen molar-refractivity contribution in [3.05, 3.63) is 77.4 Å². The largest absolute Gasteiger partial charge is 0.460 e. The first-order valence-corrected chi connectivity index (χ1v) is 33.6. The summed E-state index contributed by atoms with van der Waals surface area (Å²) in [5, 5.41) is 14.8. The van der Waals surface area contributed by atoms with E-state index in [9.17, 15) is 33.6 Å². The monoisotopic (exact) mass is 1400 g/mol. The van der Waals surface area contributed by atoms with Gasteiger partial charge in [0.05, 0.1) is 157 Å². The zero-order valence-corrected chi connectivity index (χ0v) is 58.5. The quantitative estimate of drug-likeness (QED) is 0.0226. The van der Waals surface area contributed by atoms with Gasteiger partial charge in [0.2, 0.25) is 17.7 Å². The molecule has 2 heterocycles. The number of hydrogen-bond donors (Lipinski definition) is 7. The van der Waals surface area contributed by atoms with Crippen LogP contribution in [0.2, 0.25) is 0 Å². The molecular formula is C68H105N11O20. The molecule has 1 aliphatic rings. The number of hydroxylamine groups is 2. The van der Waals surface area contributed by atoms with Crippen LogP contribution in [-0.2, 0) is 98.8 Å². The third-order valence-electron chi connectivity index (χ3n) is 13.8. The highest BCUT2D eigenvalue weighted by atomic mass is 16.7. The van der Waals surface area contributed by atoms with Crippen LogP contribution in [-0.4, -0.2) is 232 Å². The van der Waals surface area contributed by atoms with Crippen molar-refractivity contribution in [2.75, 3.05) is 157 Å². The Labute approximate surface area is 580 Å². The van der Waals surface area contributed by atoms with Crippen LogP contribution in [0.15, 0.2) is 65.4 Å². The van der Waals surface area contributed by atoms with Gasteiger partial charge in [0.15, 0.2) is 0 Å². The van der Waals surface area contributed by atoms with Crippen molar-refractivity contribution < 1.29 is 95.2 Å². The molecular weight excluding hydrogens is 1290 g/mol. The van der Waals surface area contributed by atoms with Crippen LogP contribution < -0.4 is 38.1 Å². The molecule has 2 aromatic carbocycles. The SMILES string of the molecule is CCCN(OCC)C(=O)C1=Cc2ccc(-c3cnc(CNC(=O)OCc4ccc(NC(=O)[C@H](CCCNC(N)=O)NC(=O)[C@@H](NC(=O)CCOCCOCCOCCOCCOCCOCCOCCOCCOCCOCCC(=O)OC(C)(C)C)C(C)C)cc4)nc3)cc2N=C(N)C1. The second kappa shape index (κ2) is 49.7. The third-order valence-corrected chi connectivity index (χ3v) is 13.8. The molecule has 2 atom stereocenters. The molecule has 31 heteroatoms. The molecule has 552 valence electrons. The average Bonchev–Trinajstić information content (AvgIpc) is 1.66. The Bertz CT molecular complexity index is 2910. The standard InChI is InChI=1S/C68H105N11O20/c1-8-21-79(98-9-2)65(84)53-42-52-15-14-51(43-57(52)76-58(69)44-53)54-45-72-59(73-46-54)47-74-67(86)97-48-50-12-16-55(17-13-50)75-63(82)56(11-10-20-71-66(70)85)77-64(83)62(49(3)4)78-60(80)18-22-87-24-26-89-28-30-91-32-34-93-36-38-95-40-41-96-39-37-94-35-33-92-31-29-90-27-25-88-23-19-61(81)99-68(5,6)7/h12-17,42-43,45-46,49,56,62H,8-11,18-41,44,47-48H2,1-7H3,(H2,69,76)(H,74,86)(H,75,82)(H,77,83)(H,78,80)(H3,70,71,85)/t56-,62-/m0/s1. The number of primary amides is 1. The number of amidine groups is 1. The number of amides is 7. The van der Waals surface area contributed by atoms with E-state index in [1.807, 2.05) is 52.8 Å². The summed E-state index contributed by atoms with van der Waals surface area (Å²) in [6, 6.07) is 9.32. The van der Waals surface area contributed by atoms with Crippen LogP contribution in [0.5, 0.6) is 0 Å². The van der Waals surface area contributed by atoms with Gasteiger partial charge in [-0.05, 0) is 88.3 Å². The number of carbonyl (C=O) groups excluding carboxylic acids is 7. The van der Waals surface area contributed by atoms with Gasteiger partial charge < -0.3 is 94.9 Å². The number of urea groups is 1. The molecule has 0 bridgehead atoms. The van der Waals surface area contributed by atoms with E-state index >= 15 is 0 Å². The number of benzene rings is 2. The Morgan fingerprint density at radius 3 is 1.66 bits per heavy atom. The van der Waals surface area contributed by atoms with E-state index in [1.54, 1.807) is 56.6 Å². The van der Waals surface area contributed by atoms with Gasteiger partial charge in [-0.25, -0.2) is 29.6 Å². The summed E-state index contributed by atoms with van der Waals surface area (Å²) in [6.07, 6.45) is 5.79. The molecule has 0 radical (unpaired) electrons. The first-order chi connectivity index (χ1) is 47.7. The number of rotatable bonds is 53. The fourth-order valence-corrected chi connectivity index (χ4v) is 8.93. The number of aromatic nitrogens is 2. The second-order valence-electron chi connectivity index (χ2n) is 23.5. The van der Waals surface area contributed by atoms with E-state index < -0.39 is 47.5 Å². The van der Waals surface area contributed by atoms with Gasteiger partial charge in [-0.3, -0.25) is 28.8 Å². The van der Waals surface area contributed by atoms with Gasteiger partial charge >= 0.3 is 18.1 Å². The number of carbonyl (C=O) groups is 7. The Balaban J connectivity index is 1.02. The molecule has 7 amide bonds. The fraction of sp³-hybridized carbons (Fsp3) is 0.618. The number of alkyl carbamates (subject to hydrolysis) is 1. The Hall–Kier alpha value is -7.82. The van der Waals surface area contributed by atoms with E-state index in [-0.39, 0.29) is 102 Å². The molecule has 9 N–H and O–H groups in total. The van der Waals surface area contributed by atoms with E-state index in [2.05, 4.69) is 41.5 Å². The molecule has 1 aromatic heterocycles. The zero-order valence-electron chi connectivity index (χ0n) is 58.5. The maximum Gasteiger partial charge on any atom is 0.407 e. The highest BCUT2D eigenvalue weighted by molar-refractivity contribution is 6.05. The van der Waals surface area contributed by atoms with Crippen molar-refractivity contribution in [2.45, 2.75) is 118 Å². The Morgan fingerprint density at radius 2 is 1.16 bits per heavy atom. The van der Waals surface area contributed by atoms with Crippen molar-refractivity contribution in [3.63, 3.8) is 0 Å². The fourth-order valence-electron chi connectivity index (χ4n) is 8.93. The minimum atomic E-state index is -1.07. The number of nitrogens with one attached hydrogen (secondary N) is 5. The molecule has 4 rings (SSSR count). The summed E-state index contributed by atoms with van der Waals surface area (Å²) in [6.45, 7) is 21.1. The van der Waals surface area contributed by atoms with Crippen LogP contribution in [0, 0.1) is 5.92 Å². The number of nitrogens with two attached hydrogens (primary N) is 2. The van der Waals surface area contributed by atoms with Gasteiger partial charge in [-0.15, -0.1) is 0 Å². The van der Waals surface area contributed by atoms with Crippen molar-refractivity contribution in [2.24, 2.45) is 22.4 Å². The lowest BCUT2D eigenvalue weighted by molar-refractivity contribution is -0.180. The molecule has 0 fully saturated rings. The zero-order chi connectivity index (χ0) is 71.9. The van der Waals surface area contributed by atoms with Gasteiger partial charge in [0.1, 0.15) is 36.0 Å². The number of fused-ring (bicyclic) bond motifs is 1. The number of nitrogens with zero attached hydrogens (tertiary/aromatic N) is 4. The lowest BCUT2D eigenvalue weighted by Crippen LogP contribution is -2.54. The molecule has 31 nitrogen and oxygen atoms in total. The molecule has 0 saturated heterocycles. The first-order valence-electron chi connectivity index (χ1n) is 33.6. The minimum absolute atomic E-state index is 0.0176. The van der Waals surface area contributed by atoms with E-state index in [0.29, 0.717) is 153 Å².